The molecule has 0 bridgehead atoms. The minimum Gasteiger partial charge on any atom is -0.393 e. The van der Waals surface area contributed by atoms with Crippen LogP contribution >= 0.6 is 11.6 Å². The van der Waals surface area contributed by atoms with Crippen LogP contribution < -0.4 is 5.32 Å². The topological polar surface area (TPSA) is 67.2 Å². The van der Waals surface area contributed by atoms with Crippen molar-refractivity contribution in [3.63, 3.8) is 0 Å². The van der Waals surface area contributed by atoms with Crippen LogP contribution in [0.5, 0.6) is 0 Å². The summed E-state index contributed by atoms with van der Waals surface area (Å²) >= 11 is 5.90. The van der Waals surface area contributed by atoms with E-state index in [0.29, 0.717) is 42.2 Å². The zero-order chi connectivity index (χ0) is 17.7. The average molecular weight is 350 g/mol. The molecule has 1 amide bonds. The van der Waals surface area contributed by atoms with Crippen molar-refractivity contribution in [1.29, 1.82) is 0 Å². The highest BCUT2D eigenvalue weighted by atomic mass is 35.5. The van der Waals surface area contributed by atoms with Gasteiger partial charge in [-0.3, -0.25) is 9.48 Å². The highest BCUT2D eigenvalue weighted by Crippen LogP contribution is 2.16. The lowest BCUT2D eigenvalue weighted by Gasteiger charge is -2.09. The number of rotatable bonds is 7. The second-order valence-electron chi connectivity index (χ2n) is 5.94. The third-order valence-electron chi connectivity index (χ3n) is 4.09. The predicted molar refractivity (Wildman–Crippen MR) is 95.5 cm³/mol. The molecule has 0 aliphatic carbocycles. The highest BCUT2D eigenvalue weighted by molar-refractivity contribution is 6.30. The molecule has 6 heteroatoms. The number of nitrogens with one attached hydrogen (secondary N) is 1. The molecule has 1 atom stereocenters. The Balaban J connectivity index is 2.07. The zero-order valence-corrected chi connectivity index (χ0v) is 15.1. The van der Waals surface area contributed by atoms with Crippen molar-refractivity contribution in [2.45, 2.75) is 46.3 Å². The number of benzene rings is 1. The van der Waals surface area contributed by atoms with Gasteiger partial charge in [0.1, 0.15) is 0 Å². The number of hydrogen-bond acceptors (Lipinski definition) is 3. The molecule has 2 N–H and O–H groups in total. The van der Waals surface area contributed by atoms with Crippen LogP contribution in [0.2, 0.25) is 5.02 Å². The number of nitrogens with zero attached hydrogens (tertiary/aromatic N) is 2. The molecule has 2 rings (SSSR count). The second kappa shape index (κ2) is 8.31. The lowest BCUT2D eigenvalue weighted by molar-refractivity contribution is 0.0940. The van der Waals surface area contributed by atoms with Crippen molar-refractivity contribution in [1.82, 2.24) is 15.1 Å². The van der Waals surface area contributed by atoms with Gasteiger partial charge >= 0.3 is 0 Å². The van der Waals surface area contributed by atoms with E-state index in [-0.39, 0.29) is 12.0 Å². The molecule has 0 fully saturated rings. The molecule has 0 spiro atoms. The molecule has 0 saturated carbocycles. The summed E-state index contributed by atoms with van der Waals surface area (Å²) in [5.41, 5.74) is 3.21. The van der Waals surface area contributed by atoms with Crippen molar-refractivity contribution >= 4 is 17.5 Å². The molecule has 1 aromatic heterocycles. The van der Waals surface area contributed by atoms with E-state index < -0.39 is 0 Å². The third-order valence-corrected chi connectivity index (χ3v) is 4.34. The first-order valence-electron chi connectivity index (χ1n) is 8.17. The Bertz CT molecular complexity index is 695. The van der Waals surface area contributed by atoms with Gasteiger partial charge in [-0.15, -0.1) is 0 Å². The third kappa shape index (κ3) is 4.58. The van der Waals surface area contributed by atoms with E-state index in [1.54, 1.807) is 0 Å². The fourth-order valence-electron chi connectivity index (χ4n) is 2.59. The Hall–Kier alpha value is -1.85. The summed E-state index contributed by atoms with van der Waals surface area (Å²) in [6.07, 6.45) is 0.867. The summed E-state index contributed by atoms with van der Waals surface area (Å²) in [6, 6.07) is 7.58. The van der Waals surface area contributed by atoms with Gasteiger partial charge in [-0.2, -0.15) is 5.10 Å². The van der Waals surface area contributed by atoms with Gasteiger partial charge in [-0.1, -0.05) is 30.7 Å². The zero-order valence-electron chi connectivity index (χ0n) is 14.3. The lowest BCUT2D eigenvalue weighted by Crippen LogP contribution is -2.28. The minimum atomic E-state index is -0.375. The summed E-state index contributed by atoms with van der Waals surface area (Å²) < 4.78 is 1.83. The van der Waals surface area contributed by atoms with E-state index in [1.165, 1.54) is 0 Å². The first kappa shape index (κ1) is 18.5. The highest BCUT2D eigenvalue weighted by Gasteiger charge is 2.18. The number of halogens is 1. The standard InChI is InChI=1S/C18H24ClN3O2/c1-4-16(23)9-10-20-18(24)17-12(2)21-22(13(17)3)11-14-5-7-15(19)8-6-14/h5-8,16,23H,4,9-11H2,1-3H3,(H,20,24). The lowest BCUT2D eigenvalue weighted by atomic mass is 10.1. The monoisotopic (exact) mass is 349 g/mol. The number of aliphatic hydroxyl groups excluding tert-OH is 1. The number of aromatic nitrogens is 2. The van der Waals surface area contributed by atoms with Crippen molar-refractivity contribution in [2.75, 3.05) is 6.54 Å². The van der Waals surface area contributed by atoms with Crippen molar-refractivity contribution in [2.24, 2.45) is 0 Å². The van der Waals surface area contributed by atoms with Crippen LogP contribution in [0.4, 0.5) is 0 Å². The van der Waals surface area contributed by atoms with Gasteiger partial charge in [0.25, 0.3) is 5.91 Å². The molecule has 5 nitrogen and oxygen atoms in total. The molecular weight excluding hydrogens is 326 g/mol. The number of hydrogen-bond donors (Lipinski definition) is 2. The fourth-order valence-corrected chi connectivity index (χ4v) is 2.71. The summed E-state index contributed by atoms with van der Waals surface area (Å²) in [5.74, 6) is -0.143. The van der Waals surface area contributed by atoms with Crippen molar-refractivity contribution < 1.29 is 9.90 Å². The van der Waals surface area contributed by atoms with E-state index in [1.807, 2.05) is 49.7 Å². The Kier molecular flexibility index (Phi) is 6.40. The van der Waals surface area contributed by atoms with E-state index in [9.17, 15) is 9.90 Å². The van der Waals surface area contributed by atoms with Gasteiger partial charge < -0.3 is 10.4 Å². The van der Waals surface area contributed by atoms with Crippen LogP contribution in [0.15, 0.2) is 24.3 Å². The Morgan fingerprint density at radius 2 is 2.00 bits per heavy atom. The number of amides is 1. The predicted octanol–water partition coefficient (Wildman–Crippen LogP) is 3.09. The Labute approximate surface area is 147 Å². The van der Waals surface area contributed by atoms with Gasteiger partial charge in [0.15, 0.2) is 0 Å². The molecule has 0 saturated heterocycles. The number of carbonyl (C=O) groups excluding carboxylic acids is 1. The van der Waals surface area contributed by atoms with Crippen molar-refractivity contribution in [3.05, 3.63) is 51.8 Å². The van der Waals surface area contributed by atoms with Crippen LogP contribution in [-0.2, 0) is 6.54 Å². The molecule has 1 unspecified atom stereocenters. The normalized spacial score (nSPS) is 12.2. The number of carbonyl (C=O) groups is 1. The smallest absolute Gasteiger partial charge is 0.255 e. The van der Waals surface area contributed by atoms with Gasteiger partial charge in [0.2, 0.25) is 0 Å². The fraction of sp³-hybridized carbons (Fsp3) is 0.444. The molecule has 130 valence electrons. The largest absolute Gasteiger partial charge is 0.393 e. The maximum atomic E-state index is 12.4. The Morgan fingerprint density at radius 3 is 2.62 bits per heavy atom. The molecule has 0 aliphatic heterocycles. The molecule has 0 aliphatic rings. The quantitative estimate of drug-likeness (QED) is 0.807. The molecule has 1 heterocycles. The maximum Gasteiger partial charge on any atom is 0.255 e. The number of aryl methyl sites for hydroxylation is 1. The minimum absolute atomic E-state index is 0.143. The van der Waals surface area contributed by atoms with Crippen LogP contribution in [0.25, 0.3) is 0 Å². The first-order valence-corrected chi connectivity index (χ1v) is 8.54. The number of aliphatic hydroxyl groups is 1. The van der Waals surface area contributed by atoms with Gasteiger partial charge in [-0.05, 0) is 44.4 Å². The SMILES string of the molecule is CCC(O)CCNC(=O)c1c(C)nn(Cc2ccc(Cl)cc2)c1C. The van der Waals surface area contributed by atoms with E-state index >= 15 is 0 Å². The summed E-state index contributed by atoms with van der Waals surface area (Å²) in [4.78, 5) is 12.4. The summed E-state index contributed by atoms with van der Waals surface area (Å²) in [7, 11) is 0. The van der Waals surface area contributed by atoms with Gasteiger partial charge in [0.05, 0.1) is 23.9 Å². The maximum absolute atomic E-state index is 12.4. The molecule has 2 aromatic rings. The van der Waals surface area contributed by atoms with Crippen LogP contribution in [-0.4, -0.2) is 33.4 Å². The van der Waals surface area contributed by atoms with Crippen LogP contribution in [0.1, 0.15) is 47.1 Å². The summed E-state index contributed by atoms with van der Waals surface area (Å²) in [6.45, 7) is 6.69. The van der Waals surface area contributed by atoms with E-state index in [2.05, 4.69) is 10.4 Å². The molecule has 1 aromatic carbocycles. The first-order chi connectivity index (χ1) is 11.4. The van der Waals surface area contributed by atoms with E-state index in [0.717, 1.165) is 11.3 Å². The van der Waals surface area contributed by atoms with E-state index in [4.69, 9.17) is 11.6 Å². The molecular formula is C18H24ClN3O2. The Morgan fingerprint density at radius 1 is 1.33 bits per heavy atom. The van der Waals surface area contributed by atoms with Crippen LogP contribution in [0.3, 0.4) is 0 Å². The van der Waals surface area contributed by atoms with Crippen molar-refractivity contribution in [3.8, 4) is 0 Å². The van der Waals surface area contributed by atoms with Gasteiger partial charge in [0, 0.05) is 17.3 Å². The van der Waals surface area contributed by atoms with Crippen LogP contribution in [0, 0.1) is 13.8 Å². The summed E-state index contributed by atoms with van der Waals surface area (Å²) in [5, 5.41) is 17.6. The molecule has 24 heavy (non-hydrogen) atoms. The second-order valence-corrected chi connectivity index (χ2v) is 6.37. The average Bonchev–Trinajstić information content (AvgIpc) is 2.83. The van der Waals surface area contributed by atoms with Gasteiger partial charge in [-0.25, -0.2) is 0 Å². The molecule has 0 radical (unpaired) electrons.